The Morgan fingerprint density at radius 3 is 2.50 bits per heavy atom. The van der Waals surface area contributed by atoms with Crippen LogP contribution in [0.3, 0.4) is 0 Å². The molecule has 0 aliphatic carbocycles. The fourth-order valence-corrected chi connectivity index (χ4v) is 5.38. The molecule has 3 rings (SSSR count). The van der Waals surface area contributed by atoms with Crippen LogP contribution in [-0.2, 0) is 26.6 Å². The van der Waals surface area contributed by atoms with Gasteiger partial charge in [-0.1, -0.05) is 6.92 Å². The molecule has 28 heavy (non-hydrogen) atoms. The van der Waals surface area contributed by atoms with Crippen LogP contribution in [0.5, 0.6) is 0 Å². The lowest BCUT2D eigenvalue weighted by atomic mass is 9.96. The van der Waals surface area contributed by atoms with E-state index in [1.165, 1.54) is 21.1 Å². The van der Waals surface area contributed by atoms with E-state index in [1.54, 1.807) is 7.05 Å². The van der Waals surface area contributed by atoms with E-state index in [0.29, 0.717) is 32.5 Å². The summed E-state index contributed by atoms with van der Waals surface area (Å²) in [5.74, 6) is -0.752. The van der Waals surface area contributed by atoms with E-state index in [1.807, 2.05) is 11.8 Å². The summed E-state index contributed by atoms with van der Waals surface area (Å²) in [5.41, 5.74) is 5.41. The highest BCUT2D eigenvalue weighted by atomic mass is 32.2. The second-order valence-electron chi connectivity index (χ2n) is 7.40. The van der Waals surface area contributed by atoms with Gasteiger partial charge in [-0.25, -0.2) is 8.42 Å². The Balaban J connectivity index is 1.63. The normalized spacial score (nSPS) is 22.4. The predicted molar refractivity (Wildman–Crippen MR) is 102 cm³/mol. The number of amides is 2. The Labute approximate surface area is 165 Å². The number of aryl methyl sites for hydroxylation is 1. The molecule has 1 aromatic rings. The zero-order valence-electron chi connectivity index (χ0n) is 16.3. The number of primary amides is 1. The Hall–Kier alpha value is -1.91. The number of aromatic nitrogens is 1. The van der Waals surface area contributed by atoms with Gasteiger partial charge < -0.3 is 19.9 Å². The molecule has 0 bridgehead atoms. The molecule has 0 radical (unpaired) electrons. The summed E-state index contributed by atoms with van der Waals surface area (Å²) in [5, 5.41) is 0. The Bertz CT molecular complexity index is 842. The summed E-state index contributed by atoms with van der Waals surface area (Å²) in [6.07, 6.45) is 3.32. The molecule has 9 nitrogen and oxygen atoms in total. The van der Waals surface area contributed by atoms with Gasteiger partial charge >= 0.3 is 0 Å². The van der Waals surface area contributed by atoms with Crippen molar-refractivity contribution in [1.82, 2.24) is 13.8 Å². The molecule has 0 spiro atoms. The van der Waals surface area contributed by atoms with Crippen molar-refractivity contribution in [2.75, 3.05) is 32.8 Å². The van der Waals surface area contributed by atoms with Crippen molar-refractivity contribution in [3.05, 3.63) is 18.0 Å². The smallest absolute Gasteiger partial charge is 0.265 e. The molecular formula is C18H28N4O5S. The van der Waals surface area contributed by atoms with E-state index in [4.69, 9.17) is 10.5 Å². The second kappa shape index (κ2) is 8.22. The molecule has 2 aliphatic heterocycles. The molecule has 3 heterocycles. The van der Waals surface area contributed by atoms with Crippen molar-refractivity contribution in [3.63, 3.8) is 0 Å². The lowest BCUT2D eigenvalue weighted by Gasteiger charge is -2.37. The number of rotatable bonds is 5. The lowest BCUT2D eigenvalue weighted by Crippen LogP contribution is -2.50. The molecule has 2 fully saturated rings. The highest BCUT2D eigenvalue weighted by Gasteiger charge is 2.35. The summed E-state index contributed by atoms with van der Waals surface area (Å²) in [4.78, 5) is 26.1. The summed E-state index contributed by atoms with van der Waals surface area (Å²) in [6.45, 7) is 4.34. The molecule has 2 N–H and O–H groups in total. The molecule has 156 valence electrons. The molecule has 2 saturated heterocycles. The second-order valence-corrected chi connectivity index (χ2v) is 9.34. The van der Waals surface area contributed by atoms with Crippen LogP contribution >= 0.6 is 0 Å². The molecule has 1 atom stereocenters. The van der Waals surface area contributed by atoms with Gasteiger partial charge in [0, 0.05) is 45.3 Å². The average Bonchev–Trinajstić information content (AvgIpc) is 3.10. The van der Waals surface area contributed by atoms with E-state index in [0.717, 1.165) is 6.42 Å². The van der Waals surface area contributed by atoms with Crippen molar-refractivity contribution in [3.8, 4) is 0 Å². The molecular weight excluding hydrogens is 384 g/mol. The van der Waals surface area contributed by atoms with Crippen LogP contribution in [0.4, 0.5) is 0 Å². The number of sulfonamides is 1. The summed E-state index contributed by atoms with van der Waals surface area (Å²) < 4.78 is 34.2. The predicted octanol–water partition coefficient (Wildman–Crippen LogP) is 0.162. The third kappa shape index (κ3) is 4.08. The highest BCUT2D eigenvalue weighted by molar-refractivity contribution is 7.89. The minimum atomic E-state index is -3.72. The van der Waals surface area contributed by atoms with Crippen LogP contribution in [-0.4, -0.2) is 72.9 Å². The van der Waals surface area contributed by atoms with Crippen molar-refractivity contribution in [2.45, 2.75) is 37.2 Å². The highest BCUT2D eigenvalue weighted by Crippen LogP contribution is 2.26. The number of carbonyl (C=O) groups excluding carboxylic acids is 2. The van der Waals surface area contributed by atoms with Gasteiger partial charge in [-0.3, -0.25) is 9.59 Å². The molecule has 0 aromatic carbocycles. The van der Waals surface area contributed by atoms with Crippen LogP contribution in [0.15, 0.2) is 17.2 Å². The monoisotopic (exact) mass is 412 g/mol. The summed E-state index contributed by atoms with van der Waals surface area (Å²) >= 11 is 0. The van der Waals surface area contributed by atoms with Crippen molar-refractivity contribution in [1.29, 1.82) is 0 Å². The first kappa shape index (κ1) is 20.8. The largest absolute Gasteiger partial charge is 0.375 e. The molecule has 1 unspecified atom stereocenters. The van der Waals surface area contributed by atoms with Crippen LogP contribution in [0, 0.1) is 5.92 Å². The topological polar surface area (TPSA) is 115 Å². The molecule has 2 amide bonds. The maximum atomic E-state index is 12.9. The first-order valence-electron chi connectivity index (χ1n) is 9.60. The van der Waals surface area contributed by atoms with Crippen LogP contribution in [0.2, 0.25) is 0 Å². The first-order chi connectivity index (χ1) is 13.2. The number of carbonyl (C=O) groups is 2. The Kier molecular flexibility index (Phi) is 6.11. The minimum Gasteiger partial charge on any atom is -0.375 e. The van der Waals surface area contributed by atoms with Crippen LogP contribution in [0.1, 0.15) is 36.7 Å². The van der Waals surface area contributed by atoms with E-state index in [2.05, 4.69) is 0 Å². The zero-order valence-corrected chi connectivity index (χ0v) is 17.2. The van der Waals surface area contributed by atoms with Gasteiger partial charge in [-0.2, -0.15) is 4.31 Å². The van der Waals surface area contributed by atoms with E-state index in [-0.39, 0.29) is 41.6 Å². The van der Waals surface area contributed by atoms with Crippen molar-refractivity contribution >= 4 is 21.8 Å². The van der Waals surface area contributed by atoms with E-state index >= 15 is 0 Å². The number of nitrogens with two attached hydrogens (primary N) is 1. The number of piperidine rings is 1. The molecule has 10 heteroatoms. The number of nitrogens with zero attached hydrogens (tertiary/aromatic N) is 3. The fraction of sp³-hybridized carbons (Fsp3) is 0.667. The zero-order chi connectivity index (χ0) is 20.5. The van der Waals surface area contributed by atoms with E-state index < -0.39 is 15.9 Å². The number of hydrogen-bond acceptors (Lipinski definition) is 5. The molecule has 2 aliphatic rings. The SMILES string of the molecule is CCC1CN(C(=O)C2CCN(S(=O)(=O)c3cc(C(N)=O)n(C)c3)CC2)CCO1. The fourth-order valence-electron chi connectivity index (χ4n) is 3.84. The van der Waals surface area contributed by atoms with Gasteiger partial charge in [0.25, 0.3) is 5.91 Å². The van der Waals surface area contributed by atoms with Gasteiger partial charge in [-0.15, -0.1) is 0 Å². The number of hydrogen-bond donors (Lipinski definition) is 1. The van der Waals surface area contributed by atoms with E-state index in [9.17, 15) is 18.0 Å². The van der Waals surface area contributed by atoms with Gasteiger partial charge in [0.1, 0.15) is 10.6 Å². The average molecular weight is 413 g/mol. The third-order valence-corrected chi connectivity index (χ3v) is 7.44. The lowest BCUT2D eigenvalue weighted by molar-refractivity contribution is -0.144. The third-order valence-electron chi connectivity index (χ3n) is 5.58. The minimum absolute atomic E-state index is 0.0487. The first-order valence-corrected chi connectivity index (χ1v) is 11.0. The Morgan fingerprint density at radius 2 is 1.93 bits per heavy atom. The Morgan fingerprint density at radius 1 is 1.25 bits per heavy atom. The molecule has 0 saturated carbocycles. The van der Waals surface area contributed by atoms with Crippen LogP contribution in [0.25, 0.3) is 0 Å². The van der Waals surface area contributed by atoms with Crippen LogP contribution < -0.4 is 5.73 Å². The molecule has 1 aromatic heterocycles. The van der Waals surface area contributed by atoms with Gasteiger partial charge in [0.05, 0.1) is 12.7 Å². The van der Waals surface area contributed by atoms with Crippen molar-refractivity contribution < 1.29 is 22.7 Å². The maximum absolute atomic E-state index is 12.9. The summed E-state index contributed by atoms with van der Waals surface area (Å²) in [6, 6.07) is 1.30. The number of ether oxygens (including phenoxy) is 1. The van der Waals surface area contributed by atoms with Gasteiger partial charge in [-0.05, 0) is 25.3 Å². The van der Waals surface area contributed by atoms with Crippen molar-refractivity contribution in [2.24, 2.45) is 18.7 Å². The van der Waals surface area contributed by atoms with Gasteiger partial charge in [0.2, 0.25) is 15.9 Å². The summed E-state index contributed by atoms with van der Waals surface area (Å²) in [7, 11) is -2.14. The quantitative estimate of drug-likeness (QED) is 0.740. The standard InChI is InChI=1S/C18H28N4O5S/c1-3-14-11-21(8-9-27-14)18(24)13-4-6-22(7-5-13)28(25,26)15-10-16(17(19)23)20(2)12-15/h10,12-14H,3-9,11H2,1-2H3,(H2,19,23). The maximum Gasteiger partial charge on any atom is 0.265 e. The number of morpholine rings is 1. The van der Waals surface area contributed by atoms with Gasteiger partial charge in [0.15, 0.2) is 0 Å².